The molecule has 1 aromatic carbocycles. The Morgan fingerprint density at radius 3 is 2.89 bits per heavy atom. The highest BCUT2D eigenvalue weighted by molar-refractivity contribution is 7.09. The van der Waals surface area contributed by atoms with Crippen LogP contribution < -0.4 is 5.32 Å². The number of halogens is 1. The van der Waals surface area contributed by atoms with Crippen molar-refractivity contribution < 1.29 is 4.39 Å². The van der Waals surface area contributed by atoms with Crippen molar-refractivity contribution in [1.82, 2.24) is 10.3 Å². The third-order valence-electron chi connectivity index (χ3n) is 2.85. The molecule has 5 heteroatoms. The highest BCUT2D eigenvalue weighted by Gasteiger charge is 2.22. The van der Waals surface area contributed by atoms with Crippen LogP contribution in [0.2, 0.25) is 0 Å². The van der Waals surface area contributed by atoms with Crippen LogP contribution in [0.5, 0.6) is 0 Å². The average molecular weight is 275 g/mol. The van der Waals surface area contributed by atoms with Crippen LogP contribution in [0.25, 0.3) is 0 Å². The van der Waals surface area contributed by atoms with Crippen LogP contribution in [-0.2, 0) is 12.1 Å². The summed E-state index contributed by atoms with van der Waals surface area (Å²) in [4.78, 5) is 4.29. The summed E-state index contributed by atoms with van der Waals surface area (Å²) in [6, 6.07) is 6.42. The number of nitrogens with one attached hydrogen (secondary N) is 1. The van der Waals surface area contributed by atoms with Crippen molar-refractivity contribution in [3.05, 3.63) is 51.7 Å². The van der Waals surface area contributed by atoms with E-state index in [2.05, 4.69) is 10.3 Å². The second kappa shape index (κ2) is 5.47. The number of hydrogen-bond donors (Lipinski definition) is 1. The molecule has 0 saturated carbocycles. The van der Waals surface area contributed by atoms with Crippen molar-refractivity contribution in [3.63, 3.8) is 0 Å². The first-order valence-corrected chi connectivity index (χ1v) is 6.74. The molecule has 1 heterocycles. The van der Waals surface area contributed by atoms with Crippen LogP contribution in [0.15, 0.2) is 29.8 Å². The predicted octanol–water partition coefficient (Wildman–Crippen LogP) is 3.18. The van der Waals surface area contributed by atoms with Crippen LogP contribution in [0.1, 0.15) is 30.0 Å². The van der Waals surface area contributed by atoms with Gasteiger partial charge in [-0.2, -0.15) is 5.26 Å². The number of hydrogen-bond acceptors (Lipinski definition) is 4. The molecular formula is C14H14FN3S. The minimum Gasteiger partial charge on any atom is -0.302 e. The van der Waals surface area contributed by atoms with E-state index in [0.717, 1.165) is 10.6 Å². The monoisotopic (exact) mass is 275 g/mol. The molecule has 2 aromatic rings. The molecule has 1 N–H and O–H groups in total. The van der Waals surface area contributed by atoms with Crippen molar-refractivity contribution in [2.45, 2.75) is 25.9 Å². The third-order valence-corrected chi connectivity index (χ3v) is 3.95. The topological polar surface area (TPSA) is 48.7 Å². The van der Waals surface area contributed by atoms with E-state index in [0.29, 0.717) is 6.54 Å². The van der Waals surface area contributed by atoms with Gasteiger partial charge in [0, 0.05) is 18.1 Å². The molecule has 0 atom stereocenters. The predicted molar refractivity (Wildman–Crippen MR) is 73.1 cm³/mol. The maximum absolute atomic E-state index is 13.2. The van der Waals surface area contributed by atoms with Crippen molar-refractivity contribution >= 4 is 11.3 Å². The van der Waals surface area contributed by atoms with Crippen molar-refractivity contribution in [2.24, 2.45) is 0 Å². The van der Waals surface area contributed by atoms with Gasteiger partial charge in [0.05, 0.1) is 11.1 Å². The third kappa shape index (κ3) is 3.16. The van der Waals surface area contributed by atoms with Crippen LogP contribution in [-0.4, -0.2) is 4.98 Å². The Kier molecular flexibility index (Phi) is 3.93. The van der Waals surface area contributed by atoms with Crippen LogP contribution in [0.3, 0.4) is 0 Å². The van der Waals surface area contributed by atoms with E-state index in [9.17, 15) is 4.39 Å². The zero-order valence-electron chi connectivity index (χ0n) is 10.8. The summed E-state index contributed by atoms with van der Waals surface area (Å²) in [5.74, 6) is -0.481. The Hall–Kier alpha value is -1.77. The Morgan fingerprint density at radius 2 is 2.26 bits per heavy atom. The Morgan fingerprint density at radius 1 is 1.47 bits per heavy atom. The van der Waals surface area contributed by atoms with Crippen LogP contribution >= 0.6 is 11.3 Å². The summed E-state index contributed by atoms with van der Waals surface area (Å²) in [5, 5.41) is 15.1. The molecule has 3 nitrogen and oxygen atoms in total. The molecule has 0 radical (unpaired) electrons. The van der Waals surface area contributed by atoms with Crippen molar-refractivity contribution in [1.29, 1.82) is 5.26 Å². The molecule has 0 amide bonds. The highest BCUT2D eigenvalue weighted by Crippen LogP contribution is 2.22. The average Bonchev–Trinajstić information content (AvgIpc) is 2.92. The largest absolute Gasteiger partial charge is 0.302 e. The van der Waals surface area contributed by atoms with Gasteiger partial charge in [0.1, 0.15) is 16.9 Å². The van der Waals surface area contributed by atoms with E-state index >= 15 is 0 Å². The molecule has 0 bridgehead atoms. The number of nitrogens with zero attached hydrogens (tertiary/aromatic N) is 2. The molecule has 0 fully saturated rings. The molecular weight excluding hydrogens is 261 g/mol. The van der Waals surface area contributed by atoms with Gasteiger partial charge in [0.2, 0.25) is 0 Å². The molecule has 0 aliphatic heterocycles. The molecule has 19 heavy (non-hydrogen) atoms. The summed E-state index contributed by atoms with van der Waals surface area (Å²) < 4.78 is 13.2. The number of benzene rings is 1. The van der Waals surface area contributed by atoms with E-state index < -0.39 is 5.82 Å². The summed E-state index contributed by atoms with van der Waals surface area (Å²) in [7, 11) is 0. The second-order valence-corrected chi connectivity index (χ2v) is 5.64. The molecule has 0 unspecified atom stereocenters. The second-order valence-electron chi connectivity index (χ2n) is 4.74. The van der Waals surface area contributed by atoms with Crippen LogP contribution in [0.4, 0.5) is 4.39 Å². The SMILES string of the molecule is CC(C)(NCc1ccc(F)c(C#N)c1)c1nccs1. The minimum atomic E-state index is -0.481. The van der Waals surface area contributed by atoms with Gasteiger partial charge in [0.15, 0.2) is 0 Å². The number of aromatic nitrogens is 1. The number of rotatable bonds is 4. The van der Waals surface area contributed by atoms with Gasteiger partial charge >= 0.3 is 0 Å². The zero-order valence-corrected chi connectivity index (χ0v) is 11.6. The van der Waals surface area contributed by atoms with Gasteiger partial charge in [-0.15, -0.1) is 11.3 Å². The van der Waals surface area contributed by atoms with Gasteiger partial charge in [0.25, 0.3) is 0 Å². The number of nitriles is 1. The summed E-state index contributed by atoms with van der Waals surface area (Å²) in [5.41, 5.74) is 0.698. The molecule has 0 spiro atoms. The molecule has 2 rings (SSSR count). The Balaban J connectivity index is 2.09. The van der Waals surface area contributed by atoms with E-state index in [-0.39, 0.29) is 11.1 Å². The lowest BCUT2D eigenvalue weighted by atomic mass is 10.1. The summed E-state index contributed by atoms with van der Waals surface area (Å²) >= 11 is 1.59. The molecule has 1 aromatic heterocycles. The molecule has 98 valence electrons. The van der Waals surface area contributed by atoms with E-state index in [4.69, 9.17) is 5.26 Å². The quantitative estimate of drug-likeness (QED) is 0.932. The molecule has 0 aliphatic carbocycles. The first kappa shape index (κ1) is 13.7. The van der Waals surface area contributed by atoms with E-state index in [1.54, 1.807) is 29.7 Å². The van der Waals surface area contributed by atoms with Gasteiger partial charge < -0.3 is 5.32 Å². The first-order valence-electron chi connectivity index (χ1n) is 5.86. The fourth-order valence-corrected chi connectivity index (χ4v) is 2.44. The van der Waals surface area contributed by atoms with Gasteiger partial charge in [-0.3, -0.25) is 0 Å². The van der Waals surface area contributed by atoms with Gasteiger partial charge in [-0.1, -0.05) is 6.07 Å². The van der Waals surface area contributed by atoms with E-state index in [1.165, 1.54) is 6.07 Å². The maximum atomic E-state index is 13.2. The lowest BCUT2D eigenvalue weighted by Gasteiger charge is -2.24. The fourth-order valence-electron chi connectivity index (χ4n) is 1.70. The van der Waals surface area contributed by atoms with E-state index in [1.807, 2.05) is 25.3 Å². The smallest absolute Gasteiger partial charge is 0.140 e. The van der Waals surface area contributed by atoms with Crippen molar-refractivity contribution in [2.75, 3.05) is 0 Å². The molecule has 0 aliphatic rings. The highest BCUT2D eigenvalue weighted by atomic mass is 32.1. The van der Waals surface area contributed by atoms with Gasteiger partial charge in [-0.25, -0.2) is 9.37 Å². The fraction of sp³-hybridized carbons (Fsp3) is 0.286. The lowest BCUT2D eigenvalue weighted by molar-refractivity contribution is 0.399. The summed E-state index contributed by atoms with van der Waals surface area (Å²) in [6.45, 7) is 4.64. The normalized spacial score (nSPS) is 11.3. The van der Waals surface area contributed by atoms with Gasteiger partial charge in [-0.05, 0) is 31.5 Å². The lowest BCUT2D eigenvalue weighted by Crippen LogP contribution is -2.35. The summed E-state index contributed by atoms with van der Waals surface area (Å²) in [6.07, 6.45) is 1.77. The standard InChI is InChI=1S/C14H14FN3S/c1-14(2,13-17-5-6-19-13)18-9-10-3-4-12(15)11(7-10)8-16/h3-7,18H,9H2,1-2H3. The zero-order chi connectivity index (χ0) is 13.9. The maximum Gasteiger partial charge on any atom is 0.140 e. The number of thiazole rings is 1. The minimum absolute atomic E-state index is 0.0753. The Labute approximate surface area is 115 Å². The Bertz CT molecular complexity index is 600. The first-order chi connectivity index (χ1) is 9.03. The molecule has 0 saturated heterocycles. The van der Waals surface area contributed by atoms with Crippen LogP contribution in [0, 0.1) is 17.1 Å². The van der Waals surface area contributed by atoms with Crippen molar-refractivity contribution in [3.8, 4) is 6.07 Å².